The molecule has 2 aromatic carbocycles. The van der Waals surface area contributed by atoms with Gasteiger partial charge in [0.1, 0.15) is 11.6 Å². The number of methoxy groups -OCH3 is 1. The monoisotopic (exact) mass is 292 g/mol. The molecule has 110 valence electrons. The van der Waals surface area contributed by atoms with Crippen LogP contribution in [0, 0.1) is 11.3 Å². The van der Waals surface area contributed by atoms with Gasteiger partial charge in [-0.2, -0.15) is 5.26 Å². The van der Waals surface area contributed by atoms with Crippen LogP contribution in [0.3, 0.4) is 0 Å². The maximum absolute atomic E-state index is 11.4. The van der Waals surface area contributed by atoms with Gasteiger partial charge in [0, 0.05) is 18.4 Å². The Bertz CT molecular complexity index is 713. The number of hydrogen-bond donors (Lipinski definition) is 0. The molecule has 0 amide bonds. The molecular weight excluding hydrogens is 276 g/mol. The van der Waals surface area contributed by atoms with E-state index in [1.165, 1.54) is 13.2 Å². The summed E-state index contributed by atoms with van der Waals surface area (Å²) in [4.78, 5) is 13.4. The lowest BCUT2D eigenvalue weighted by Gasteiger charge is -2.19. The Labute approximate surface area is 129 Å². The number of nitriles is 1. The zero-order chi connectivity index (χ0) is 15.9. The van der Waals surface area contributed by atoms with Gasteiger partial charge in [0.15, 0.2) is 0 Å². The first-order valence-electron chi connectivity index (χ1n) is 6.74. The highest BCUT2D eigenvalue weighted by atomic mass is 16.5. The number of hydrogen-bond acceptors (Lipinski definition) is 4. The molecule has 0 unspecified atom stereocenters. The lowest BCUT2D eigenvalue weighted by molar-refractivity contribution is -0.135. The Morgan fingerprint density at radius 3 is 2.23 bits per heavy atom. The smallest absolute Gasteiger partial charge is 0.348 e. The zero-order valence-corrected chi connectivity index (χ0v) is 12.5. The summed E-state index contributed by atoms with van der Waals surface area (Å²) in [7, 11) is 3.24. The van der Waals surface area contributed by atoms with Crippen LogP contribution < -0.4 is 4.90 Å². The highest BCUT2D eigenvalue weighted by Gasteiger charge is 2.08. The van der Waals surface area contributed by atoms with Crippen LogP contribution in [0.4, 0.5) is 11.4 Å². The topological polar surface area (TPSA) is 53.3 Å². The van der Waals surface area contributed by atoms with E-state index in [9.17, 15) is 4.79 Å². The second-order valence-corrected chi connectivity index (χ2v) is 4.65. The third kappa shape index (κ3) is 3.53. The zero-order valence-electron chi connectivity index (χ0n) is 12.5. The maximum Gasteiger partial charge on any atom is 0.348 e. The summed E-state index contributed by atoms with van der Waals surface area (Å²) in [6, 6.07) is 19.4. The van der Waals surface area contributed by atoms with Gasteiger partial charge in [0.25, 0.3) is 0 Å². The van der Waals surface area contributed by atoms with Crippen molar-refractivity contribution in [1.29, 1.82) is 5.26 Å². The van der Waals surface area contributed by atoms with Crippen molar-refractivity contribution in [2.45, 2.75) is 0 Å². The molecule has 4 nitrogen and oxygen atoms in total. The molecule has 0 spiro atoms. The summed E-state index contributed by atoms with van der Waals surface area (Å²) in [5.41, 5.74) is 2.84. The molecule has 0 bridgehead atoms. The molecule has 0 aliphatic rings. The quantitative estimate of drug-likeness (QED) is 0.491. The standard InChI is InChI=1S/C18H16N2O2/c1-20(16-6-4-3-5-7-16)17-10-8-14(9-11-17)12-15(13-19)18(21)22-2/h3-12H,1-2H3/b15-12+. The number of esters is 1. The highest BCUT2D eigenvalue weighted by molar-refractivity contribution is 5.97. The molecule has 0 saturated carbocycles. The average Bonchev–Trinajstić information content (AvgIpc) is 2.59. The van der Waals surface area contributed by atoms with Gasteiger partial charge in [0.05, 0.1) is 7.11 Å². The number of carbonyl (C=O) groups excluding carboxylic acids is 1. The molecule has 0 saturated heterocycles. The Morgan fingerprint density at radius 1 is 1.09 bits per heavy atom. The van der Waals surface area contributed by atoms with E-state index in [1.54, 1.807) is 0 Å². The summed E-state index contributed by atoms with van der Waals surface area (Å²) in [6.45, 7) is 0. The number of carbonyl (C=O) groups is 1. The van der Waals surface area contributed by atoms with Gasteiger partial charge in [0.2, 0.25) is 0 Å². The van der Waals surface area contributed by atoms with Crippen molar-refractivity contribution >= 4 is 23.4 Å². The van der Waals surface area contributed by atoms with Gasteiger partial charge >= 0.3 is 5.97 Å². The van der Waals surface area contributed by atoms with Crippen LogP contribution in [0.5, 0.6) is 0 Å². The third-order valence-corrected chi connectivity index (χ3v) is 3.26. The second kappa shape index (κ2) is 7.09. The lowest BCUT2D eigenvalue weighted by atomic mass is 10.1. The fourth-order valence-electron chi connectivity index (χ4n) is 2.01. The molecule has 0 aliphatic heterocycles. The van der Waals surface area contributed by atoms with E-state index in [0.29, 0.717) is 0 Å². The average molecular weight is 292 g/mol. The predicted molar refractivity (Wildman–Crippen MR) is 86.6 cm³/mol. The highest BCUT2D eigenvalue weighted by Crippen LogP contribution is 2.23. The fourth-order valence-corrected chi connectivity index (χ4v) is 2.01. The molecule has 0 fully saturated rings. The van der Waals surface area contributed by atoms with Crippen LogP contribution in [0.15, 0.2) is 60.2 Å². The van der Waals surface area contributed by atoms with Crippen molar-refractivity contribution in [3.63, 3.8) is 0 Å². The van der Waals surface area contributed by atoms with E-state index in [1.807, 2.05) is 67.7 Å². The molecule has 22 heavy (non-hydrogen) atoms. The third-order valence-electron chi connectivity index (χ3n) is 3.26. The summed E-state index contributed by atoms with van der Waals surface area (Å²) < 4.78 is 4.56. The van der Waals surface area contributed by atoms with Crippen molar-refractivity contribution in [2.24, 2.45) is 0 Å². The predicted octanol–water partition coefficient (Wildman–Crippen LogP) is 3.53. The summed E-state index contributed by atoms with van der Waals surface area (Å²) in [5, 5.41) is 8.95. The second-order valence-electron chi connectivity index (χ2n) is 4.65. The number of benzene rings is 2. The summed E-state index contributed by atoms with van der Waals surface area (Å²) >= 11 is 0. The van der Waals surface area contributed by atoms with Gasteiger partial charge in [-0.3, -0.25) is 0 Å². The minimum Gasteiger partial charge on any atom is -0.465 e. The molecule has 2 aromatic rings. The van der Waals surface area contributed by atoms with E-state index < -0.39 is 5.97 Å². The summed E-state index contributed by atoms with van der Waals surface area (Å²) in [5.74, 6) is -0.631. The fraction of sp³-hybridized carbons (Fsp3) is 0.111. The number of nitrogens with zero attached hydrogens (tertiary/aromatic N) is 2. The van der Waals surface area contributed by atoms with Gasteiger partial charge in [-0.1, -0.05) is 30.3 Å². The van der Waals surface area contributed by atoms with Crippen molar-refractivity contribution in [2.75, 3.05) is 19.1 Å². The Kier molecular flexibility index (Phi) is 4.94. The first-order valence-corrected chi connectivity index (χ1v) is 6.74. The van der Waals surface area contributed by atoms with Crippen molar-refractivity contribution in [3.05, 3.63) is 65.7 Å². The van der Waals surface area contributed by atoms with Crippen LogP contribution in [-0.2, 0) is 9.53 Å². The molecule has 2 rings (SSSR count). The molecule has 0 atom stereocenters. The molecule has 0 aliphatic carbocycles. The van der Waals surface area contributed by atoms with E-state index in [4.69, 9.17) is 5.26 Å². The van der Waals surface area contributed by atoms with Crippen LogP contribution in [0.1, 0.15) is 5.56 Å². The Morgan fingerprint density at radius 2 is 1.68 bits per heavy atom. The van der Waals surface area contributed by atoms with Crippen LogP contribution in [0.25, 0.3) is 6.08 Å². The molecule has 0 N–H and O–H groups in total. The van der Waals surface area contributed by atoms with Crippen LogP contribution >= 0.6 is 0 Å². The number of anilines is 2. The van der Waals surface area contributed by atoms with Crippen LogP contribution in [-0.4, -0.2) is 20.1 Å². The minimum atomic E-state index is -0.631. The van der Waals surface area contributed by atoms with Gasteiger partial charge < -0.3 is 9.64 Å². The molecule has 4 heteroatoms. The SMILES string of the molecule is COC(=O)/C(C#N)=C/c1ccc(N(C)c2ccccc2)cc1. The van der Waals surface area contributed by atoms with E-state index in [0.717, 1.165) is 16.9 Å². The summed E-state index contributed by atoms with van der Waals surface area (Å²) in [6.07, 6.45) is 1.51. The van der Waals surface area contributed by atoms with Crippen molar-refractivity contribution in [1.82, 2.24) is 0 Å². The molecule has 0 radical (unpaired) electrons. The maximum atomic E-state index is 11.4. The Balaban J connectivity index is 2.22. The number of rotatable bonds is 4. The normalized spacial score (nSPS) is 10.7. The Hall–Kier alpha value is -3.06. The van der Waals surface area contributed by atoms with Gasteiger partial charge in [-0.15, -0.1) is 0 Å². The number of para-hydroxylation sites is 1. The van der Waals surface area contributed by atoms with Crippen molar-refractivity contribution in [3.8, 4) is 6.07 Å². The molecular formula is C18H16N2O2. The molecule has 0 aromatic heterocycles. The van der Waals surface area contributed by atoms with Gasteiger partial charge in [-0.05, 0) is 35.9 Å². The van der Waals surface area contributed by atoms with E-state index in [-0.39, 0.29) is 5.57 Å². The van der Waals surface area contributed by atoms with E-state index in [2.05, 4.69) is 9.64 Å². The van der Waals surface area contributed by atoms with Crippen molar-refractivity contribution < 1.29 is 9.53 Å². The minimum absolute atomic E-state index is 0.0216. The van der Waals surface area contributed by atoms with E-state index >= 15 is 0 Å². The largest absolute Gasteiger partial charge is 0.465 e. The van der Waals surface area contributed by atoms with Gasteiger partial charge in [-0.25, -0.2) is 4.79 Å². The number of ether oxygens (including phenoxy) is 1. The lowest BCUT2D eigenvalue weighted by Crippen LogP contribution is -2.08. The first-order chi connectivity index (χ1) is 10.7. The van der Waals surface area contributed by atoms with Crippen LogP contribution in [0.2, 0.25) is 0 Å². The first kappa shape index (κ1) is 15.3. The molecule has 0 heterocycles.